The van der Waals surface area contributed by atoms with Crippen LogP contribution in [0.2, 0.25) is 0 Å². The third-order valence-electron chi connectivity index (χ3n) is 3.31. The van der Waals surface area contributed by atoms with Gasteiger partial charge in [0, 0.05) is 26.2 Å². The Bertz CT molecular complexity index is 889. The smallest absolute Gasteiger partial charge is 0.279 e. The van der Waals surface area contributed by atoms with E-state index in [-0.39, 0.29) is 11.2 Å². The summed E-state index contributed by atoms with van der Waals surface area (Å²) in [6, 6.07) is 5.74. The largest absolute Gasteiger partial charge is 0.332 e. The Kier molecular flexibility index (Phi) is 2.74. The van der Waals surface area contributed by atoms with E-state index in [1.54, 1.807) is 17.9 Å². The highest BCUT2D eigenvalue weighted by Crippen LogP contribution is 2.03. The lowest BCUT2D eigenvalue weighted by Crippen LogP contribution is -2.40. The molecule has 0 spiro atoms. The average Bonchev–Trinajstić information content (AvgIpc) is 2.88. The van der Waals surface area contributed by atoms with E-state index in [2.05, 4.69) is 4.98 Å². The molecular formula is C13H14N5O2+. The van der Waals surface area contributed by atoms with Gasteiger partial charge in [0.2, 0.25) is 6.67 Å². The third-order valence-corrected chi connectivity index (χ3v) is 3.31. The molecule has 3 rings (SSSR count). The van der Waals surface area contributed by atoms with Crippen LogP contribution in [0.3, 0.4) is 0 Å². The number of aryl methyl sites for hydroxylation is 1. The molecule has 0 aliphatic heterocycles. The Hall–Kier alpha value is -2.70. The third kappa shape index (κ3) is 1.75. The maximum Gasteiger partial charge on any atom is 0.332 e. The van der Waals surface area contributed by atoms with Gasteiger partial charge in [-0.2, -0.15) is 4.57 Å². The fourth-order valence-corrected chi connectivity index (χ4v) is 2.21. The monoisotopic (exact) mass is 272 g/mol. The second-order valence-corrected chi connectivity index (χ2v) is 4.62. The Morgan fingerprint density at radius 1 is 1.10 bits per heavy atom. The second kappa shape index (κ2) is 4.44. The molecule has 0 aliphatic rings. The molecule has 102 valence electrons. The topological polar surface area (TPSA) is 65.7 Å². The second-order valence-electron chi connectivity index (χ2n) is 4.62. The van der Waals surface area contributed by atoms with Crippen LogP contribution in [-0.2, 0) is 20.8 Å². The summed E-state index contributed by atoms with van der Waals surface area (Å²) in [5.74, 6) is 0. The van der Waals surface area contributed by atoms with Gasteiger partial charge in [-0.15, -0.1) is 0 Å². The zero-order valence-corrected chi connectivity index (χ0v) is 11.2. The molecule has 3 aromatic heterocycles. The van der Waals surface area contributed by atoms with Crippen LogP contribution >= 0.6 is 0 Å². The summed E-state index contributed by atoms with van der Waals surface area (Å²) < 4.78 is 6.13. The summed E-state index contributed by atoms with van der Waals surface area (Å²) in [6.45, 7) is 0.463. The lowest BCUT2D eigenvalue weighted by Gasteiger charge is -2.04. The maximum absolute atomic E-state index is 12.3. The summed E-state index contributed by atoms with van der Waals surface area (Å²) in [6.07, 6.45) is 5.38. The standard InChI is InChI=1S/C13H14N5O2/c1-15-11-10(12(19)16(2)13(15)20)18(8-14-11)9-17-6-4-3-5-7-17/h3-8H,9H2,1-2H3/q+1. The summed E-state index contributed by atoms with van der Waals surface area (Å²) in [5.41, 5.74) is 0.109. The van der Waals surface area contributed by atoms with Gasteiger partial charge in [0.05, 0.1) is 0 Å². The molecule has 7 heteroatoms. The molecule has 0 N–H and O–H groups in total. The van der Waals surface area contributed by atoms with Crippen LogP contribution in [0.25, 0.3) is 11.2 Å². The highest BCUT2D eigenvalue weighted by atomic mass is 16.2. The summed E-state index contributed by atoms with van der Waals surface area (Å²) in [7, 11) is 3.08. The Balaban J connectivity index is 2.24. The van der Waals surface area contributed by atoms with Gasteiger partial charge < -0.3 is 0 Å². The molecule has 0 saturated carbocycles. The lowest BCUT2D eigenvalue weighted by atomic mass is 10.5. The molecule has 20 heavy (non-hydrogen) atoms. The van der Waals surface area contributed by atoms with Crippen LogP contribution < -0.4 is 15.8 Å². The summed E-state index contributed by atoms with van der Waals surface area (Å²) in [5, 5.41) is 0. The average molecular weight is 272 g/mol. The molecule has 3 aromatic rings. The summed E-state index contributed by atoms with van der Waals surface area (Å²) in [4.78, 5) is 28.3. The molecule has 7 nitrogen and oxygen atoms in total. The van der Waals surface area contributed by atoms with Crippen LogP contribution in [-0.4, -0.2) is 18.7 Å². The predicted octanol–water partition coefficient (Wildman–Crippen LogP) is -0.773. The van der Waals surface area contributed by atoms with Crippen LogP contribution in [0, 0.1) is 0 Å². The van der Waals surface area contributed by atoms with E-state index in [4.69, 9.17) is 0 Å². The van der Waals surface area contributed by atoms with Crippen LogP contribution in [0.5, 0.6) is 0 Å². The Morgan fingerprint density at radius 2 is 1.80 bits per heavy atom. The van der Waals surface area contributed by atoms with Gasteiger partial charge in [0.15, 0.2) is 23.6 Å². The van der Waals surface area contributed by atoms with Crippen molar-refractivity contribution in [3.05, 3.63) is 57.8 Å². The quantitative estimate of drug-likeness (QED) is 0.575. The van der Waals surface area contributed by atoms with Gasteiger partial charge in [-0.05, 0) is 0 Å². The number of aromatic nitrogens is 5. The molecule has 3 heterocycles. The number of rotatable bonds is 2. The van der Waals surface area contributed by atoms with Gasteiger partial charge in [0.1, 0.15) is 6.33 Å². The van der Waals surface area contributed by atoms with E-state index in [9.17, 15) is 9.59 Å². The van der Waals surface area contributed by atoms with Crippen molar-refractivity contribution in [3.63, 3.8) is 0 Å². The number of fused-ring (bicyclic) bond motifs is 1. The van der Waals surface area contributed by atoms with Crippen LogP contribution in [0.15, 0.2) is 46.5 Å². The molecule has 0 aliphatic carbocycles. The highest BCUT2D eigenvalue weighted by Gasteiger charge is 2.15. The first kappa shape index (κ1) is 12.3. The lowest BCUT2D eigenvalue weighted by molar-refractivity contribution is -0.701. The predicted molar refractivity (Wildman–Crippen MR) is 72.3 cm³/mol. The molecule has 0 bridgehead atoms. The fourth-order valence-electron chi connectivity index (χ4n) is 2.21. The molecule has 0 aromatic carbocycles. The zero-order chi connectivity index (χ0) is 14.3. The molecule has 0 saturated heterocycles. The van der Waals surface area contributed by atoms with E-state index in [1.165, 1.54) is 11.6 Å². The number of hydrogen-bond acceptors (Lipinski definition) is 3. The van der Waals surface area contributed by atoms with E-state index < -0.39 is 0 Å². The van der Waals surface area contributed by atoms with E-state index in [0.29, 0.717) is 17.8 Å². The zero-order valence-electron chi connectivity index (χ0n) is 11.2. The van der Waals surface area contributed by atoms with Crippen molar-refractivity contribution in [3.8, 4) is 0 Å². The SMILES string of the molecule is Cn1c(=O)c2c(ncn2C[n+]2ccccc2)n(C)c1=O. The number of imidazole rings is 1. The van der Waals surface area contributed by atoms with Gasteiger partial charge >= 0.3 is 5.69 Å². The molecule has 0 fully saturated rings. The minimum Gasteiger partial charge on any atom is -0.279 e. The normalized spacial score (nSPS) is 11.1. The number of nitrogens with zero attached hydrogens (tertiary/aromatic N) is 5. The minimum absolute atomic E-state index is 0.336. The number of hydrogen-bond donors (Lipinski definition) is 0. The van der Waals surface area contributed by atoms with Crippen LogP contribution in [0.1, 0.15) is 0 Å². The van der Waals surface area contributed by atoms with Gasteiger partial charge in [0.25, 0.3) is 5.56 Å². The van der Waals surface area contributed by atoms with E-state index in [0.717, 1.165) is 4.57 Å². The number of pyridine rings is 1. The molecule has 0 amide bonds. The van der Waals surface area contributed by atoms with E-state index >= 15 is 0 Å². The summed E-state index contributed by atoms with van der Waals surface area (Å²) >= 11 is 0. The van der Waals surface area contributed by atoms with Crippen molar-refractivity contribution in [1.82, 2.24) is 18.7 Å². The van der Waals surface area contributed by atoms with Crippen molar-refractivity contribution in [2.75, 3.05) is 0 Å². The molecule has 0 unspecified atom stereocenters. The van der Waals surface area contributed by atoms with Crippen molar-refractivity contribution in [1.29, 1.82) is 0 Å². The first-order chi connectivity index (χ1) is 9.59. The van der Waals surface area contributed by atoms with Gasteiger partial charge in [-0.1, -0.05) is 6.07 Å². The van der Waals surface area contributed by atoms with E-state index in [1.807, 2.05) is 35.2 Å². The fraction of sp³-hybridized carbons (Fsp3) is 0.231. The Labute approximate surface area is 114 Å². The first-order valence-electron chi connectivity index (χ1n) is 6.14. The first-order valence-corrected chi connectivity index (χ1v) is 6.14. The molecule has 0 atom stereocenters. The highest BCUT2D eigenvalue weighted by molar-refractivity contribution is 5.69. The van der Waals surface area contributed by atoms with Crippen LogP contribution in [0.4, 0.5) is 0 Å². The minimum atomic E-state index is -0.375. The maximum atomic E-state index is 12.3. The van der Waals surface area contributed by atoms with Gasteiger partial charge in [-0.25, -0.2) is 9.78 Å². The van der Waals surface area contributed by atoms with Crippen molar-refractivity contribution < 1.29 is 4.57 Å². The molecule has 0 radical (unpaired) electrons. The van der Waals surface area contributed by atoms with Crippen molar-refractivity contribution in [2.24, 2.45) is 14.1 Å². The van der Waals surface area contributed by atoms with Crippen molar-refractivity contribution >= 4 is 11.2 Å². The molecular weight excluding hydrogens is 258 g/mol. The van der Waals surface area contributed by atoms with Crippen molar-refractivity contribution in [2.45, 2.75) is 6.67 Å². The Morgan fingerprint density at radius 3 is 2.50 bits per heavy atom. The van der Waals surface area contributed by atoms with Gasteiger partial charge in [-0.3, -0.25) is 18.5 Å².